The molecular formula is C12H21N3O2. The second-order valence-corrected chi connectivity index (χ2v) is 5.19. The number of nitrogens with zero attached hydrogens (tertiary/aromatic N) is 2. The van der Waals surface area contributed by atoms with Crippen LogP contribution in [-0.2, 0) is 9.59 Å². The lowest BCUT2D eigenvalue weighted by molar-refractivity contribution is -0.132. The van der Waals surface area contributed by atoms with E-state index in [0.717, 1.165) is 38.8 Å². The van der Waals surface area contributed by atoms with Gasteiger partial charge in [0.05, 0.1) is 6.54 Å². The van der Waals surface area contributed by atoms with Crippen molar-refractivity contribution < 1.29 is 9.59 Å². The molecule has 0 atom stereocenters. The van der Waals surface area contributed by atoms with Gasteiger partial charge in [0.25, 0.3) is 0 Å². The Kier molecular flexibility index (Phi) is 3.66. The van der Waals surface area contributed by atoms with Crippen molar-refractivity contribution in [3.05, 3.63) is 0 Å². The maximum absolute atomic E-state index is 11.9. The average Bonchev–Trinajstić information content (AvgIpc) is 3.12. The van der Waals surface area contributed by atoms with Gasteiger partial charge in [0.2, 0.25) is 11.8 Å². The second kappa shape index (κ2) is 5.04. The molecule has 2 fully saturated rings. The highest BCUT2D eigenvalue weighted by Crippen LogP contribution is 2.25. The quantitative estimate of drug-likeness (QED) is 0.739. The molecule has 0 radical (unpaired) electrons. The Bertz CT molecular complexity index is 307. The van der Waals surface area contributed by atoms with Crippen molar-refractivity contribution in [2.24, 2.45) is 11.7 Å². The molecular weight excluding hydrogens is 218 g/mol. The first-order valence-corrected chi connectivity index (χ1v) is 6.35. The number of likely N-dealkylation sites (N-methyl/N-ethyl adjacent to an activating group) is 1. The summed E-state index contributed by atoms with van der Waals surface area (Å²) in [5.74, 6) is -0.00128. The summed E-state index contributed by atoms with van der Waals surface area (Å²) in [7, 11) is 1.89. The molecule has 0 aromatic carbocycles. The third-order valence-corrected chi connectivity index (χ3v) is 3.84. The number of amides is 2. The van der Waals surface area contributed by atoms with Crippen LogP contribution in [0, 0.1) is 5.92 Å². The highest BCUT2D eigenvalue weighted by atomic mass is 16.2. The van der Waals surface area contributed by atoms with Crippen LogP contribution in [0.3, 0.4) is 0 Å². The zero-order valence-corrected chi connectivity index (χ0v) is 10.4. The molecule has 0 bridgehead atoms. The SMILES string of the molecule is CN(C(=O)CN1CCC(C(N)=O)CC1)C1CC1. The summed E-state index contributed by atoms with van der Waals surface area (Å²) in [5, 5.41) is 0. The van der Waals surface area contributed by atoms with Gasteiger partial charge in [-0.1, -0.05) is 0 Å². The highest BCUT2D eigenvalue weighted by Gasteiger charge is 2.31. The second-order valence-electron chi connectivity index (χ2n) is 5.19. The van der Waals surface area contributed by atoms with Gasteiger partial charge in [0.1, 0.15) is 0 Å². The third-order valence-electron chi connectivity index (χ3n) is 3.84. The van der Waals surface area contributed by atoms with E-state index in [1.165, 1.54) is 0 Å². The number of primary amides is 1. The molecule has 2 aliphatic rings. The van der Waals surface area contributed by atoms with E-state index in [4.69, 9.17) is 5.73 Å². The Labute approximate surface area is 102 Å². The number of nitrogens with two attached hydrogens (primary N) is 1. The Hall–Kier alpha value is -1.10. The van der Waals surface area contributed by atoms with Crippen molar-refractivity contribution in [3.8, 4) is 0 Å². The van der Waals surface area contributed by atoms with Gasteiger partial charge in [-0.3, -0.25) is 14.5 Å². The molecule has 5 heteroatoms. The number of likely N-dealkylation sites (tertiary alicyclic amines) is 1. The van der Waals surface area contributed by atoms with E-state index in [0.29, 0.717) is 12.6 Å². The molecule has 1 aliphatic heterocycles. The first-order valence-electron chi connectivity index (χ1n) is 6.35. The van der Waals surface area contributed by atoms with E-state index in [-0.39, 0.29) is 17.7 Å². The monoisotopic (exact) mass is 239 g/mol. The largest absolute Gasteiger partial charge is 0.369 e. The maximum Gasteiger partial charge on any atom is 0.236 e. The van der Waals surface area contributed by atoms with E-state index in [2.05, 4.69) is 4.90 Å². The minimum Gasteiger partial charge on any atom is -0.369 e. The van der Waals surface area contributed by atoms with Gasteiger partial charge in [-0.15, -0.1) is 0 Å². The molecule has 2 N–H and O–H groups in total. The smallest absolute Gasteiger partial charge is 0.236 e. The van der Waals surface area contributed by atoms with Crippen molar-refractivity contribution >= 4 is 11.8 Å². The van der Waals surface area contributed by atoms with E-state index >= 15 is 0 Å². The van der Waals surface area contributed by atoms with Crippen LogP contribution in [0.4, 0.5) is 0 Å². The lowest BCUT2D eigenvalue weighted by Crippen LogP contribution is -2.44. The molecule has 5 nitrogen and oxygen atoms in total. The van der Waals surface area contributed by atoms with Crippen molar-refractivity contribution in [2.45, 2.75) is 31.7 Å². The summed E-state index contributed by atoms with van der Waals surface area (Å²) in [5.41, 5.74) is 5.28. The maximum atomic E-state index is 11.9. The Balaban J connectivity index is 1.73. The molecule has 0 aromatic rings. The summed E-state index contributed by atoms with van der Waals surface area (Å²) < 4.78 is 0. The van der Waals surface area contributed by atoms with Gasteiger partial charge in [0.15, 0.2) is 0 Å². The van der Waals surface area contributed by atoms with Gasteiger partial charge < -0.3 is 10.6 Å². The number of carbonyl (C=O) groups is 2. The lowest BCUT2D eigenvalue weighted by atomic mass is 9.96. The Morgan fingerprint density at radius 1 is 1.24 bits per heavy atom. The van der Waals surface area contributed by atoms with E-state index in [1.807, 2.05) is 11.9 Å². The summed E-state index contributed by atoms with van der Waals surface area (Å²) in [4.78, 5) is 26.9. The van der Waals surface area contributed by atoms with Crippen LogP contribution in [0.15, 0.2) is 0 Å². The topological polar surface area (TPSA) is 66.6 Å². The molecule has 2 amide bonds. The van der Waals surface area contributed by atoms with Crippen molar-refractivity contribution in [1.29, 1.82) is 0 Å². The predicted molar refractivity (Wildman–Crippen MR) is 64.2 cm³/mol. The average molecular weight is 239 g/mol. The number of rotatable bonds is 4. The number of carbonyl (C=O) groups excluding carboxylic acids is 2. The first-order chi connectivity index (χ1) is 8.08. The zero-order valence-electron chi connectivity index (χ0n) is 10.4. The molecule has 17 heavy (non-hydrogen) atoms. The van der Waals surface area contributed by atoms with E-state index in [9.17, 15) is 9.59 Å². The number of piperidine rings is 1. The zero-order chi connectivity index (χ0) is 12.4. The summed E-state index contributed by atoms with van der Waals surface area (Å²) in [6.45, 7) is 2.09. The normalized spacial score (nSPS) is 22.4. The molecule has 1 saturated heterocycles. The standard InChI is InChI=1S/C12H21N3O2/c1-14(10-2-3-10)11(16)8-15-6-4-9(5-7-15)12(13)17/h9-10H,2-8H2,1H3,(H2,13,17). The van der Waals surface area contributed by atoms with Crippen molar-refractivity contribution in [3.63, 3.8) is 0 Å². The molecule has 2 rings (SSSR count). The van der Waals surface area contributed by atoms with Crippen LogP contribution < -0.4 is 5.73 Å². The van der Waals surface area contributed by atoms with Crippen LogP contribution >= 0.6 is 0 Å². The van der Waals surface area contributed by atoms with Gasteiger partial charge in [-0.2, -0.15) is 0 Å². The highest BCUT2D eigenvalue weighted by molar-refractivity contribution is 5.79. The molecule has 0 spiro atoms. The van der Waals surface area contributed by atoms with Crippen LogP contribution in [0.5, 0.6) is 0 Å². The fourth-order valence-electron chi connectivity index (χ4n) is 2.34. The molecule has 96 valence electrons. The Morgan fingerprint density at radius 3 is 2.29 bits per heavy atom. The number of hydrogen-bond donors (Lipinski definition) is 1. The molecule has 1 saturated carbocycles. The third kappa shape index (κ3) is 3.19. The van der Waals surface area contributed by atoms with E-state index < -0.39 is 0 Å². The summed E-state index contributed by atoms with van der Waals surface area (Å²) in [6.07, 6.45) is 3.86. The minimum absolute atomic E-state index is 0.00233. The van der Waals surface area contributed by atoms with Gasteiger partial charge in [-0.05, 0) is 38.8 Å². The molecule has 1 heterocycles. The lowest BCUT2D eigenvalue weighted by Gasteiger charge is -2.31. The van der Waals surface area contributed by atoms with Crippen LogP contribution in [0.1, 0.15) is 25.7 Å². The molecule has 0 unspecified atom stereocenters. The fourth-order valence-corrected chi connectivity index (χ4v) is 2.34. The van der Waals surface area contributed by atoms with Crippen LogP contribution in [0.2, 0.25) is 0 Å². The summed E-state index contributed by atoms with van der Waals surface area (Å²) >= 11 is 0. The first kappa shape index (κ1) is 12.4. The molecule has 1 aliphatic carbocycles. The minimum atomic E-state index is -0.203. The number of hydrogen-bond acceptors (Lipinski definition) is 3. The van der Waals surface area contributed by atoms with Crippen molar-refractivity contribution in [2.75, 3.05) is 26.7 Å². The fraction of sp³-hybridized carbons (Fsp3) is 0.833. The Morgan fingerprint density at radius 2 is 1.82 bits per heavy atom. The van der Waals surface area contributed by atoms with Gasteiger partial charge >= 0.3 is 0 Å². The van der Waals surface area contributed by atoms with Crippen LogP contribution in [0.25, 0.3) is 0 Å². The summed E-state index contributed by atoms with van der Waals surface area (Å²) in [6, 6.07) is 0.477. The molecule has 0 aromatic heterocycles. The predicted octanol–water partition coefficient (Wildman–Crippen LogP) is -0.195. The van der Waals surface area contributed by atoms with Gasteiger partial charge in [0, 0.05) is 19.0 Å². The van der Waals surface area contributed by atoms with E-state index in [1.54, 1.807) is 0 Å². The van der Waals surface area contributed by atoms with Gasteiger partial charge in [-0.25, -0.2) is 0 Å². The van der Waals surface area contributed by atoms with Crippen LogP contribution in [-0.4, -0.2) is 54.3 Å². The van der Waals surface area contributed by atoms with Crippen molar-refractivity contribution in [1.82, 2.24) is 9.80 Å².